The van der Waals surface area contributed by atoms with E-state index in [2.05, 4.69) is 12.2 Å². The summed E-state index contributed by atoms with van der Waals surface area (Å²) in [6.07, 6.45) is 2.05. The third-order valence-electron chi connectivity index (χ3n) is 3.17. The first kappa shape index (κ1) is 11.6. The normalized spacial score (nSPS) is 26.9. The van der Waals surface area contributed by atoms with Gasteiger partial charge in [-0.2, -0.15) is 11.3 Å². The third-order valence-corrected chi connectivity index (χ3v) is 3.84. The van der Waals surface area contributed by atoms with Crippen molar-refractivity contribution in [2.24, 2.45) is 5.92 Å². The average molecular weight is 238 g/mol. The number of nitrogens with one attached hydrogen (secondary N) is 1. The first-order chi connectivity index (χ1) is 7.72. The van der Waals surface area contributed by atoms with Crippen LogP contribution in [0.2, 0.25) is 0 Å². The maximum Gasteiger partial charge on any atom is 0.244 e. The molecule has 4 heteroatoms. The van der Waals surface area contributed by atoms with Gasteiger partial charge in [0.05, 0.1) is 11.7 Å². The van der Waals surface area contributed by atoms with Gasteiger partial charge in [0.25, 0.3) is 0 Å². The van der Waals surface area contributed by atoms with Crippen LogP contribution < -0.4 is 10.2 Å². The predicted octanol–water partition coefficient (Wildman–Crippen LogP) is 2.10. The minimum atomic E-state index is -0.0233. The molecule has 0 bridgehead atoms. The summed E-state index contributed by atoms with van der Waals surface area (Å²) < 4.78 is 0. The highest BCUT2D eigenvalue weighted by molar-refractivity contribution is 7.08. The molecule has 3 nitrogen and oxygen atoms in total. The van der Waals surface area contributed by atoms with E-state index in [1.807, 2.05) is 28.8 Å². The summed E-state index contributed by atoms with van der Waals surface area (Å²) in [5, 5.41) is 7.18. The molecule has 1 amide bonds. The monoisotopic (exact) mass is 238 g/mol. The van der Waals surface area contributed by atoms with Crippen molar-refractivity contribution in [1.82, 2.24) is 5.32 Å². The lowest BCUT2D eigenvalue weighted by Crippen LogP contribution is -2.44. The Hall–Kier alpha value is -0.870. The second-order valence-electron chi connectivity index (χ2n) is 4.45. The Labute approximate surface area is 100 Å². The molecule has 1 aromatic rings. The lowest BCUT2D eigenvalue weighted by atomic mass is 10.0. The van der Waals surface area contributed by atoms with E-state index in [-0.39, 0.29) is 11.9 Å². The van der Waals surface area contributed by atoms with Crippen LogP contribution >= 0.6 is 11.3 Å². The molecular weight excluding hydrogens is 220 g/mol. The molecular formula is C12H18N2OS. The first-order valence-corrected chi connectivity index (χ1v) is 6.67. The van der Waals surface area contributed by atoms with Crippen LogP contribution in [0.15, 0.2) is 16.8 Å². The molecule has 0 spiro atoms. The number of amides is 1. The van der Waals surface area contributed by atoms with Crippen LogP contribution in [0.3, 0.4) is 0 Å². The Bertz CT molecular complexity index is 350. The number of anilines is 1. The Morgan fingerprint density at radius 3 is 2.94 bits per heavy atom. The van der Waals surface area contributed by atoms with Crippen molar-refractivity contribution >= 4 is 22.9 Å². The van der Waals surface area contributed by atoms with Crippen LogP contribution in [0.4, 0.5) is 5.69 Å². The van der Waals surface area contributed by atoms with E-state index in [0.29, 0.717) is 5.92 Å². The van der Waals surface area contributed by atoms with Crippen molar-refractivity contribution in [2.75, 3.05) is 18.5 Å². The van der Waals surface area contributed by atoms with Gasteiger partial charge in [0, 0.05) is 11.9 Å². The number of likely N-dealkylation sites (N-methyl/N-ethyl adjacent to an activating group) is 1. The van der Waals surface area contributed by atoms with Gasteiger partial charge in [-0.25, -0.2) is 0 Å². The fraction of sp³-hybridized carbons (Fsp3) is 0.583. The van der Waals surface area contributed by atoms with Crippen LogP contribution in [0.1, 0.15) is 19.8 Å². The van der Waals surface area contributed by atoms with Crippen molar-refractivity contribution in [3.63, 3.8) is 0 Å². The van der Waals surface area contributed by atoms with Crippen molar-refractivity contribution < 1.29 is 4.79 Å². The maximum absolute atomic E-state index is 12.3. The number of hydrogen-bond donors (Lipinski definition) is 1. The van der Waals surface area contributed by atoms with E-state index < -0.39 is 0 Å². The maximum atomic E-state index is 12.3. The Morgan fingerprint density at radius 2 is 2.31 bits per heavy atom. The minimum absolute atomic E-state index is 0.0233. The van der Waals surface area contributed by atoms with Gasteiger partial charge in [-0.1, -0.05) is 6.92 Å². The van der Waals surface area contributed by atoms with Crippen molar-refractivity contribution in [3.8, 4) is 0 Å². The number of hydrogen-bond acceptors (Lipinski definition) is 3. The van der Waals surface area contributed by atoms with E-state index in [0.717, 1.165) is 25.1 Å². The van der Waals surface area contributed by atoms with Crippen LogP contribution in [0, 0.1) is 5.92 Å². The third kappa shape index (κ3) is 2.28. The quantitative estimate of drug-likeness (QED) is 0.855. The number of carbonyl (C=O) groups is 1. The number of rotatable bonds is 2. The molecule has 2 rings (SSSR count). The predicted molar refractivity (Wildman–Crippen MR) is 67.9 cm³/mol. The average Bonchev–Trinajstić information content (AvgIpc) is 2.75. The topological polar surface area (TPSA) is 32.3 Å². The van der Waals surface area contributed by atoms with Crippen LogP contribution in [0.25, 0.3) is 0 Å². The van der Waals surface area contributed by atoms with Crippen LogP contribution in [-0.4, -0.2) is 25.5 Å². The molecule has 2 atom stereocenters. The molecule has 2 unspecified atom stereocenters. The highest BCUT2D eigenvalue weighted by Crippen LogP contribution is 2.25. The van der Waals surface area contributed by atoms with E-state index >= 15 is 0 Å². The molecule has 0 saturated carbocycles. The van der Waals surface area contributed by atoms with Gasteiger partial charge in [0.1, 0.15) is 0 Å². The van der Waals surface area contributed by atoms with Crippen LogP contribution in [0.5, 0.6) is 0 Å². The van der Waals surface area contributed by atoms with Crippen molar-refractivity contribution in [2.45, 2.75) is 25.8 Å². The van der Waals surface area contributed by atoms with Crippen molar-refractivity contribution in [1.29, 1.82) is 0 Å². The standard InChI is InChI=1S/C12H18N2OS/c1-9-3-4-11(13-2)12(15)14(7-9)10-5-6-16-8-10/h5-6,8-9,11,13H,3-4,7H2,1-2H3. The van der Waals surface area contributed by atoms with E-state index in [9.17, 15) is 4.79 Å². The summed E-state index contributed by atoms with van der Waals surface area (Å²) in [5.74, 6) is 0.785. The smallest absolute Gasteiger partial charge is 0.244 e. The van der Waals surface area contributed by atoms with Gasteiger partial charge in [0.2, 0.25) is 5.91 Å². The first-order valence-electron chi connectivity index (χ1n) is 5.73. The van der Waals surface area contributed by atoms with Gasteiger partial charge in [-0.05, 0) is 37.3 Å². The molecule has 0 aromatic carbocycles. The molecule has 1 N–H and O–H groups in total. The van der Waals surface area contributed by atoms with Crippen molar-refractivity contribution in [3.05, 3.63) is 16.8 Å². The van der Waals surface area contributed by atoms with Crippen LogP contribution in [-0.2, 0) is 4.79 Å². The van der Waals surface area contributed by atoms with Gasteiger partial charge < -0.3 is 10.2 Å². The fourth-order valence-corrected chi connectivity index (χ4v) is 2.81. The Morgan fingerprint density at radius 1 is 1.50 bits per heavy atom. The number of nitrogens with zero attached hydrogens (tertiary/aromatic N) is 1. The molecule has 1 aromatic heterocycles. The molecule has 0 aliphatic carbocycles. The van der Waals surface area contributed by atoms with E-state index in [4.69, 9.17) is 0 Å². The Balaban J connectivity index is 2.23. The zero-order valence-electron chi connectivity index (χ0n) is 9.77. The number of thiophene rings is 1. The molecule has 2 heterocycles. The second kappa shape index (κ2) is 4.97. The largest absolute Gasteiger partial charge is 0.310 e. The lowest BCUT2D eigenvalue weighted by molar-refractivity contribution is -0.120. The summed E-state index contributed by atoms with van der Waals surface area (Å²) >= 11 is 1.64. The summed E-state index contributed by atoms with van der Waals surface area (Å²) in [6.45, 7) is 3.05. The second-order valence-corrected chi connectivity index (χ2v) is 5.23. The molecule has 0 radical (unpaired) electrons. The lowest BCUT2D eigenvalue weighted by Gasteiger charge is -2.24. The summed E-state index contributed by atoms with van der Waals surface area (Å²) in [5.41, 5.74) is 1.05. The molecule has 1 saturated heterocycles. The van der Waals surface area contributed by atoms with Gasteiger partial charge in [-0.15, -0.1) is 0 Å². The van der Waals surface area contributed by atoms with E-state index in [1.54, 1.807) is 11.3 Å². The molecule has 1 aliphatic heterocycles. The van der Waals surface area contributed by atoms with E-state index in [1.165, 1.54) is 0 Å². The van der Waals surface area contributed by atoms with Gasteiger partial charge in [-0.3, -0.25) is 4.79 Å². The highest BCUT2D eigenvalue weighted by Gasteiger charge is 2.29. The SMILES string of the molecule is CNC1CCC(C)CN(c2ccsc2)C1=O. The zero-order chi connectivity index (χ0) is 11.5. The fourth-order valence-electron chi connectivity index (χ4n) is 2.17. The number of carbonyl (C=O) groups excluding carboxylic acids is 1. The zero-order valence-corrected chi connectivity index (χ0v) is 10.6. The minimum Gasteiger partial charge on any atom is -0.310 e. The van der Waals surface area contributed by atoms with Gasteiger partial charge >= 0.3 is 0 Å². The highest BCUT2D eigenvalue weighted by atomic mass is 32.1. The summed E-state index contributed by atoms with van der Waals surface area (Å²) in [6, 6.07) is 2.00. The Kier molecular flexibility index (Phi) is 3.61. The molecule has 1 fully saturated rings. The molecule has 16 heavy (non-hydrogen) atoms. The molecule has 1 aliphatic rings. The van der Waals surface area contributed by atoms with Gasteiger partial charge in [0.15, 0.2) is 0 Å². The summed E-state index contributed by atoms with van der Waals surface area (Å²) in [7, 11) is 1.87. The summed E-state index contributed by atoms with van der Waals surface area (Å²) in [4.78, 5) is 14.2. The molecule has 88 valence electrons.